The van der Waals surface area contributed by atoms with Gasteiger partial charge >= 0.3 is 0 Å². The molecule has 11 rings (SSSR count). The average molecular weight is 731 g/mol. The fourth-order valence-electron chi connectivity index (χ4n) is 9.86. The topological polar surface area (TPSA) is 25.8 Å². The van der Waals surface area contributed by atoms with E-state index in [0.717, 1.165) is 39.1 Å². The zero-order valence-electron chi connectivity index (χ0n) is 31.4. The number of benzene rings is 8. The van der Waals surface area contributed by atoms with E-state index in [1.54, 1.807) is 0 Å². The highest BCUT2D eigenvalue weighted by Crippen LogP contribution is 2.56. The Kier molecular flexibility index (Phi) is 7.26. The minimum absolute atomic E-state index is 0.418. The molecule has 0 N–H and O–H groups in total. The van der Waals surface area contributed by atoms with Crippen LogP contribution in [0.25, 0.3) is 66.9 Å². The highest BCUT2D eigenvalue weighted by molar-refractivity contribution is 7.05. The van der Waals surface area contributed by atoms with Gasteiger partial charge in [-0.25, -0.2) is 9.97 Å². The van der Waals surface area contributed by atoms with E-state index >= 15 is 0 Å². The van der Waals surface area contributed by atoms with Crippen LogP contribution in [0, 0.1) is 0 Å². The second kappa shape index (κ2) is 12.4. The van der Waals surface area contributed by atoms with Crippen molar-refractivity contribution in [3.8, 4) is 56.0 Å². The van der Waals surface area contributed by atoms with Gasteiger partial charge in [0.2, 0.25) is 0 Å². The van der Waals surface area contributed by atoms with Crippen molar-refractivity contribution in [2.75, 3.05) is 0 Å². The predicted octanol–water partition coefficient (Wildman–Crippen LogP) is 11.8. The molecule has 0 saturated carbocycles. The van der Waals surface area contributed by atoms with Crippen molar-refractivity contribution < 1.29 is 0 Å². The molecule has 0 spiro atoms. The first kappa shape index (κ1) is 32.7. The summed E-state index contributed by atoms with van der Waals surface area (Å²) in [6.45, 7) is 4.94. The highest BCUT2D eigenvalue weighted by atomic mass is 28.3. The molecule has 1 aromatic heterocycles. The molecule has 1 aliphatic carbocycles. The van der Waals surface area contributed by atoms with E-state index in [9.17, 15) is 0 Å². The summed E-state index contributed by atoms with van der Waals surface area (Å²) in [6, 6.07) is 70.9. The average Bonchev–Trinajstić information content (AvgIpc) is 3.70. The molecule has 9 aromatic rings. The van der Waals surface area contributed by atoms with Crippen LogP contribution in [0.3, 0.4) is 0 Å². The standard InChI is InChI=1S/C53H38N2Si/c1-56(2)48-28-15-13-26-42(48)43-30-31-44-49(35-17-6-3-7-18-35)54-52(55-50(44)51(43)56)38-20-16-19-36(33-38)37-29-32-47-45(34-37)41-25-12-14-27-46(41)53(47,39-21-8-4-9-22-39)40-23-10-5-11-24-40/h3-34H,1-2H3. The number of hydrogen-bond acceptors (Lipinski definition) is 2. The molecule has 0 bridgehead atoms. The van der Waals surface area contributed by atoms with E-state index in [4.69, 9.17) is 9.97 Å². The monoisotopic (exact) mass is 730 g/mol. The molecule has 0 amide bonds. The quantitative estimate of drug-likeness (QED) is 0.165. The predicted molar refractivity (Wildman–Crippen MR) is 235 cm³/mol. The summed E-state index contributed by atoms with van der Waals surface area (Å²) >= 11 is 0. The van der Waals surface area contributed by atoms with E-state index in [0.29, 0.717) is 0 Å². The first-order valence-electron chi connectivity index (χ1n) is 19.5. The lowest BCUT2D eigenvalue weighted by atomic mass is 9.67. The molecule has 2 aliphatic rings. The molecular formula is C53H38N2Si. The first-order chi connectivity index (χ1) is 27.5. The van der Waals surface area contributed by atoms with Gasteiger partial charge in [0.05, 0.1) is 16.6 Å². The Hall–Kier alpha value is -6.68. The molecule has 264 valence electrons. The third-order valence-electron chi connectivity index (χ3n) is 12.3. The summed E-state index contributed by atoms with van der Waals surface area (Å²) < 4.78 is 0. The van der Waals surface area contributed by atoms with Crippen molar-refractivity contribution in [1.82, 2.24) is 9.97 Å². The van der Waals surface area contributed by atoms with Crippen LogP contribution in [0.1, 0.15) is 22.3 Å². The largest absolute Gasteiger partial charge is 0.228 e. The maximum Gasteiger partial charge on any atom is 0.160 e. The van der Waals surface area contributed by atoms with Crippen LogP contribution in [0.2, 0.25) is 13.1 Å². The van der Waals surface area contributed by atoms with Gasteiger partial charge in [0.15, 0.2) is 5.82 Å². The molecule has 2 heterocycles. The molecule has 0 saturated heterocycles. The van der Waals surface area contributed by atoms with Gasteiger partial charge in [-0.3, -0.25) is 0 Å². The van der Waals surface area contributed by atoms with Crippen molar-refractivity contribution in [3.63, 3.8) is 0 Å². The van der Waals surface area contributed by atoms with Crippen LogP contribution in [0.4, 0.5) is 0 Å². The Morgan fingerprint density at radius 3 is 1.75 bits per heavy atom. The zero-order chi connectivity index (χ0) is 37.4. The molecule has 0 atom stereocenters. The Morgan fingerprint density at radius 2 is 1.00 bits per heavy atom. The van der Waals surface area contributed by atoms with Gasteiger partial charge in [0.1, 0.15) is 8.07 Å². The molecule has 0 radical (unpaired) electrons. The van der Waals surface area contributed by atoms with Crippen LogP contribution in [0.5, 0.6) is 0 Å². The van der Waals surface area contributed by atoms with Crippen molar-refractivity contribution in [1.29, 1.82) is 0 Å². The Morgan fingerprint density at radius 1 is 0.411 bits per heavy atom. The number of aromatic nitrogens is 2. The maximum atomic E-state index is 5.51. The fraction of sp³-hybridized carbons (Fsp3) is 0.0566. The third-order valence-corrected chi connectivity index (χ3v) is 15.9. The number of rotatable bonds is 5. The summed E-state index contributed by atoms with van der Waals surface area (Å²) in [5.74, 6) is 0.756. The number of nitrogens with zero attached hydrogens (tertiary/aromatic N) is 2. The van der Waals surface area contributed by atoms with Gasteiger partial charge in [-0.15, -0.1) is 0 Å². The summed E-state index contributed by atoms with van der Waals surface area (Å²) in [6.07, 6.45) is 0. The fourth-order valence-corrected chi connectivity index (χ4v) is 13.2. The molecule has 0 fully saturated rings. The van der Waals surface area contributed by atoms with Gasteiger partial charge in [-0.1, -0.05) is 195 Å². The van der Waals surface area contributed by atoms with E-state index in [-0.39, 0.29) is 0 Å². The van der Waals surface area contributed by atoms with Crippen LogP contribution in [0.15, 0.2) is 194 Å². The third kappa shape index (κ3) is 4.68. The second-order valence-electron chi connectivity index (χ2n) is 15.7. The van der Waals surface area contributed by atoms with Crippen molar-refractivity contribution in [2.24, 2.45) is 0 Å². The van der Waals surface area contributed by atoms with Crippen molar-refractivity contribution in [2.45, 2.75) is 18.5 Å². The molecule has 8 aromatic carbocycles. The number of fused-ring (bicyclic) bond motifs is 8. The van der Waals surface area contributed by atoms with Crippen molar-refractivity contribution >= 4 is 29.4 Å². The Balaban J connectivity index is 1.10. The summed E-state index contributed by atoms with van der Waals surface area (Å²) in [5, 5.41) is 4.00. The lowest BCUT2D eigenvalue weighted by Gasteiger charge is -2.33. The van der Waals surface area contributed by atoms with E-state index < -0.39 is 13.5 Å². The lowest BCUT2D eigenvalue weighted by molar-refractivity contribution is 0.768. The number of hydrogen-bond donors (Lipinski definition) is 0. The zero-order valence-corrected chi connectivity index (χ0v) is 32.4. The van der Waals surface area contributed by atoms with Crippen molar-refractivity contribution in [3.05, 3.63) is 216 Å². The van der Waals surface area contributed by atoms with Crippen LogP contribution in [-0.4, -0.2) is 18.0 Å². The lowest BCUT2D eigenvalue weighted by Crippen LogP contribution is -2.49. The molecule has 2 nitrogen and oxygen atoms in total. The van der Waals surface area contributed by atoms with Gasteiger partial charge in [-0.2, -0.15) is 0 Å². The van der Waals surface area contributed by atoms with Gasteiger partial charge in [-0.05, 0) is 78.1 Å². The molecule has 0 unspecified atom stereocenters. The summed E-state index contributed by atoms with van der Waals surface area (Å²) in [5.41, 5.74) is 16.5. The van der Waals surface area contributed by atoms with Crippen LogP contribution in [-0.2, 0) is 5.41 Å². The minimum Gasteiger partial charge on any atom is -0.228 e. The van der Waals surface area contributed by atoms with E-state index in [2.05, 4.69) is 207 Å². The second-order valence-corrected chi connectivity index (χ2v) is 20.0. The molecule has 3 heteroatoms. The van der Waals surface area contributed by atoms with Crippen LogP contribution >= 0.6 is 0 Å². The normalized spacial score (nSPS) is 14.2. The van der Waals surface area contributed by atoms with Gasteiger partial charge in [0.25, 0.3) is 0 Å². The Labute approximate surface area is 328 Å². The van der Waals surface area contributed by atoms with Gasteiger partial charge < -0.3 is 0 Å². The van der Waals surface area contributed by atoms with E-state index in [1.807, 2.05) is 0 Å². The van der Waals surface area contributed by atoms with E-state index in [1.165, 1.54) is 60.4 Å². The smallest absolute Gasteiger partial charge is 0.160 e. The molecule has 56 heavy (non-hydrogen) atoms. The molecular weight excluding hydrogens is 693 g/mol. The summed E-state index contributed by atoms with van der Waals surface area (Å²) in [4.78, 5) is 10.9. The SMILES string of the molecule is C[Si]1(C)c2ccccc2-c2ccc3c(-c4ccccc4)nc(-c4cccc(-c5ccc6c(c5)-c5ccccc5C6(c5ccccc5)c5ccccc5)c4)nc3c21. The Bertz CT molecular complexity index is 2950. The maximum absolute atomic E-state index is 5.51. The first-order valence-corrected chi connectivity index (χ1v) is 22.5. The minimum atomic E-state index is -2.05. The summed E-state index contributed by atoms with van der Waals surface area (Å²) in [7, 11) is -2.05. The van der Waals surface area contributed by atoms with Crippen LogP contribution < -0.4 is 10.4 Å². The molecule has 1 aliphatic heterocycles. The van der Waals surface area contributed by atoms with Gasteiger partial charge in [0, 0.05) is 16.5 Å². The highest BCUT2D eigenvalue weighted by Gasteiger charge is 2.46.